The van der Waals surface area contributed by atoms with Gasteiger partial charge in [-0.25, -0.2) is 12.8 Å². The standard InChI is InChI=1S/C19H24FN3O2S/c1-12(2)7-13-3-5-15-18(9-13)22-11-19(15)26(24,25)23-17-6-4-14(10-21)8-16(17)20/h4,6,8,12-13,19,22-23H,3,5,7,9,11H2,1-2H3. The molecular weight excluding hydrogens is 353 g/mol. The van der Waals surface area contributed by atoms with E-state index in [0.717, 1.165) is 43.0 Å². The van der Waals surface area contributed by atoms with E-state index in [2.05, 4.69) is 23.9 Å². The lowest BCUT2D eigenvalue weighted by atomic mass is 9.82. The summed E-state index contributed by atoms with van der Waals surface area (Å²) in [5.74, 6) is 0.476. The Hall–Kier alpha value is -2.07. The minimum Gasteiger partial charge on any atom is -0.387 e. The molecule has 1 aliphatic heterocycles. The van der Waals surface area contributed by atoms with Crippen LogP contribution in [0.4, 0.5) is 10.1 Å². The van der Waals surface area contributed by atoms with Crippen molar-refractivity contribution in [1.82, 2.24) is 5.32 Å². The zero-order valence-electron chi connectivity index (χ0n) is 15.0. The number of hydrogen-bond acceptors (Lipinski definition) is 4. The summed E-state index contributed by atoms with van der Waals surface area (Å²) in [5, 5.41) is 11.4. The highest BCUT2D eigenvalue weighted by atomic mass is 32.2. The molecule has 5 nitrogen and oxygen atoms in total. The van der Waals surface area contributed by atoms with Gasteiger partial charge in [0.1, 0.15) is 11.1 Å². The number of benzene rings is 1. The van der Waals surface area contributed by atoms with Crippen LogP contribution in [0.5, 0.6) is 0 Å². The van der Waals surface area contributed by atoms with Crippen LogP contribution < -0.4 is 10.0 Å². The molecule has 2 atom stereocenters. The fourth-order valence-electron chi connectivity index (χ4n) is 3.97. The maximum Gasteiger partial charge on any atom is 0.241 e. The highest BCUT2D eigenvalue weighted by Crippen LogP contribution is 2.38. The summed E-state index contributed by atoms with van der Waals surface area (Å²) in [6, 6.07) is 5.56. The molecule has 0 spiro atoms. The molecule has 7 heteroatoms. The van der Waals surface area contributed by atoms with E-state index < -0.39 is 21.1 Å². The van der Waals surface area contributed by atoms with Gasteiger partial charge in [0, 0.05) is 12.2 Å². The third-order valence-electron chi connectivity index (χ3n) is 5.12. The molecule has 0 radical (unpaired) electrons. The predicted octanol–water partition coefficient (Wildman–Crippen LogP) is 3.51. The van der Waals surface area contributed by atoms with Crippen molar-refractivity contribution >= 4 is 15.7 Å². The lowest BCUT2D eigenvalue weighted by Gasteiger charge is -2.26. The SMILES string of the molecule is CC(C)CC1CCC2=C(C1)NCC2S(=O)(=O)Nc1ccc(C#N)cc1F. The Morgan fingerprint density at radius 1 is 1.42 bits per heavy atom. The van der Waals surface area contributed by atoms with Gasteiger partial charge in [-0.05, 0) is 61.3 Å². The van der Waals surface area contributed by atoms with E-state index in [1.54, 1.807) is 0 Å². The van der Waals surface area contributed by atoms with Crippen LogP contribution in [0.3, 0.4) is 0 Å². The Kier molecular flexibility index (Phi) is 5.24. The third-order valence-corrected chi connectivity index (χ3v) is 6.83. The molecule has 0 bridgehead atoms. The highest BCUT2D eigenvalue weighted by Gasteiger charge is 2.38. The third kappa shape index (κ3) is 3.85. The van der Waals surface area contributed by atoms with Gasteiger partial charge in [0.25, 0.3) is 0 Å². The first-order valence-corrected chi connectivity index (χ1v) is 10.5. The minimum absolute atomic E-state index is 0.119. The van der Waals surface area contributed by atoms with Crippen molar-refractivity contribution in [2.45, 2.75) is 44.8 Å². The van der Waals surface area contributed by atoms with Crippen LogP contribution >= 0.6 is 0 Å². The molecule has 3 rings (SSSR count). The smallest absolute Gasteiger partial charge is 0.241 e. The van der Waals surface area contributed by atoms with Crippen LogP contribution in [0, 0.1) is 29.0 Å². The topological polar surface area (TPSA) is 82.0 Å². The predicted molar refractivity (Wildman–Crippen MR) is 99.3 cm³/mol. The fraction of sp³-hybridized carbons (Fsp3) is 0.526. The van der Waals surface area contributed by atoms with Crippen molar-refractivity contribution in [2.75, 3.05) is 11.3 Å². The number of nitrogens with zero attached hydrogens (tertiary/aromatic N) is 1. The fourth-order valence-corrected chi connectivity index (χ4v) is 5.52. The Morgan fingerprint density at radius 2 is 2.19 bits per heavy atom. The number of rotatable bonds is 5. The van der Waals surface area contributed by atoms with Gasteiger partial charge in [0.15, 0.2) is 0 Å². The average Bonchev–Trinajstić information content (AvgIpc) is 3.00. The van der Waals surface area contributed by atoms with Crippen molar-refractivity contribution < 1.29 is 12.8 Å². The lowest BCUT2D eigenvalue weighted by molar-refractivity contribution is 0.365. The van der Waals surface area contributed by atoms with Gasteiger partial charge in [0.2, 0.25) is 10.0 Å². The van der Waals surface area contributed by atoms with Crippen molar-refractivity contribution in [1.29, 1.82) is 5.26 Å². The van der Waals surface area contributed by atoms with Crippen molar-refractivity contribution in [3.63, 3.8) is 0 Å². The number of nitriles is 1. The van der Waals surface area contributed by atoms with Crippen LogP contribution in [0.1, 0.15) is 45.1 Å². The first-order valence-electron chi connectivity index (χ1n) is 8.97. The lowest BCUT2D eigenvalue weighted by Crippen LogP contribution is -2.32. The van der Waals surface area contributed by atoms with E-state index >= 15 is 0 Å². The Balaban J connectivity index is 1.77. The molecule has 1 aliphatic carbocycles. The van der Waals surface area contributed by atoms with Crippen LogP contribution in [-0.2, 0) is 10.0 Å². The summed E-state index contributed by atoms with van der Waals surface area (Å²) in [5.41, 5.74) is 2.03. The second-order valence-corrected chi connectivity index (χ2v) is 9.43. The van der Waals surface area contributed by atoms with E-state index in [1.807, 2.05) is 6.07 Å². The Labute approximate surface area is 154 Å². The molecule has 2 unspecified atom stereocenters. The van der Waals surface area contributed by atoms with Gasteiger partial charge in [-0.15, -0.1) is 0 Å². The van der Waals surface area contributed by atoms with Crippen molar-refractivity contribution in [2.24, 2.45) is 11.8 Å². The van der Waals surface area contributed by atoms with Gasteiger partial charge in [-0.3, -0.25) is 4.72 Å². The van der Waals surface area contributed by atoms with Gasteiger partial charge >= 0.3 is 0 Å². The highest BCUT2D eigenvalue weighted by molar-refractivity contribution is 7.93. The number of sulfonamides is 1. The summed E-state index contributed by atoms with van der Waals surface area (Å²) in [7, 11) is -3.76. The van der Waals surface area contributed by atoms with Crippen LogP contribution in [-0.4, -0.2) is 20.2 Å². The van der Waals surface area contributed by atoms with Crippen LogP contribution in [0.2, 0.25) is 0 Å². The van der Waals surface area contributed by atoms with Gasteiger partial charge in [-0.2, -0.15) is 5.26 Å². The van der Waals surface area contributed by atoms with Crippen LogP contribution in [0.15, 0.2) is 29.5 Å². The average molecular weight is 377 g/mol. The summed E-state index contributed by atoms with van der Waals surface area (Å²) in [6.45, 7) is 4.73. The summed E-state index contributed by atoms with van der Waals surface area (Å²) < 4.78 is 42.0. The molecule has 1 aromatic carbocycles. The molecule has 2 aliphatic rings. The second kappa shape index (κ2) is 7.28. The number of allylic oxidation sites excluding steroid dienone is 1. The number of hydrogen-bond donors (Lipinski definition) is 2. The molecule has 0 fully saturated rings. The zero-order chi connectivity index (χ0) is 18.9. The monoisotopic (exact) mass is 377 g/mol. The zero-order valence-corrected chi connectivity index (χ0v) is 15.9. The molecular formula is C19H24FN3O2S. The molecule has 0 aromatic heterocycles. The van der Waals surface area contributed by atoms with Crippen molar-refractivity contribution in [3.05, 3.63) is 40.8 Å². The Morgan fingerprint density at radius 3 is 2.85 bits per heavy atom. The van der Waals surface area contributed by atoms with Gasteiger partial charge in [0.05, 0.1) is 17.3 Å². The van der Waals surface area contributed by atoms with Gasteiger partial charge < -0.3 is 5.32 Å². The van der Waals surface area contributed by atoms with Crippen molar-refractivity contribution in [3.8, 4) is 6.07 Å². The number of nitrogens with one attached hydrogen (secondary N) is 2. The summed E-state index contributed by atoms with van der Waals surface area (Å²) in [4.78, 5) is 0. The summed E-state index contributed by atoms with van der Waals surface area (Å²) in [6.07, 6.45) is 3.80. The molecule has 0 saturated carbocycles. The minimum atomic E-state index is -3.76. The first kappa shape index (κ1) is 18.7. The van der Waals surface area contributed by atoms with E-state index in [-0.39, 0.29) is 11.3 Å². The molecule has 26 heavy (non-hydrogen) atoms. The van der Waals surface area contributed by atoms with E-state index in [4.69, 9.17) is 5.26 Å². The van der Waals surface area contributed by atoms with E-state index in [0.29, 0.717) is 18.4 Å². The molecule has 0 saturated heterocycles. The normalized spacial score (nSPS) is 22.7. The molecule has 1 heterocycles. The Bertz CT molecular complexity index is 871. The first-order chi connectivity index (χ1) is 12.3. The van der Waals surface area contributed by atoms with Crippen LogP contribution in [0.25, 0.3) is 0 Å². The maximum atomic E-state index is 14.1. The second-order valence-electron chi connectivity index (χ2n) is 7.57. The molecule has 140 valence electrons. The molecule has 1 aromatic rings. The quantitative estimate of drug-likeness (QED) is 0.823. The summed E-state index contributed by atoms with van der Waals surface area (Å²) >= 11 is 0. The van der Waals surface area contributed by atoms with E-state index in [1.165, 1.54) is 12.1 Å². The van der Waals surface area contributed by atoms with E-state index in [9.17, 15) is 12.8 Å². The number of anilines is 1. The largest absolute Gasteiger partial charge is 0.387 e. The van der Waals surface area contributed by atoms with Gasteiger partial charge in [-0.1, -0.05) is 13.8 Å². The number of halogens is 1. The molecule has 2 N–H and O–H groups in total. The molecule has 0 amide bonds. The maximum absolute atomic E-state index is 14.1.